The van der Waals surface area contributed by atoms with Crippen molar-refractivity contribution in [2.75, 3.05) is 32.0 Å². The smallest absolute Gasteiger partial charge is 0.306 e. The minimum absolute atomic E-state index is 0.0320. The molecule has 0 aromatic rings. The first kappa shape index (κ1) is 23.7. The Hall–Kier alpha value is -0.500. The van der Waals surface area contributed by atoms with Crippen LogP contribution in [0.25, 0.3) is 0 Å². The second-order valence-electron chi connectivity index (χ2n) is 9.76. The zero-order valence-electron chi connectivity index (χ0n) is 19.2. The third-order valence-electron chi connectivity index (χ3n) is 8.20. The molecule has 1 spiro atoms. The Morgan fingerprint density at radius 3 is 2.68 bits per heavy atom. The van der Waals surface area contributed by atoms with Gasteiger partial charge in [0.15, 0.2) is 5.78 Å². The number of rotatable bonds is 6. The zero-order chi connectivity index (χ0) is 22.2. The number of methoxy groups -OCH3 is 1. The fraction of sp³-hybridized carbons (Fsp3) is 0.833. The molecule has 0 aromatic heterocycles. The summed E-state index contributed by atoms with van der Waals surface area (Å²) in [7, 11) is 1.65. The van der Waals surface area contributed by atoms with E-state index in [2.05, 4.69) is 30.4 Å². The molecule has 5 nitrogen and oxygen atoms in total. The first-order valence-electron chi connectivity index (χ1n) is 11.6. The number of allylic oxidation sites excluding steroid dienone is 2. The summed E-state index contributed by atoms with van der Waals surface area (Å²) >= 11 is 4.23. The molecule has 31 heavy (non-hydrogen) atoms. The first-order chi connectivity index (χ1) is 14.8. The van der Waals surface area contributed by atoms with E-state index in [1.807, 2.05) is 13.8 Å². The summed E-state index contributed by atoms with van der Waals surface area (Å²) in [5, 5.41) is 0. The van der Waals surface area contributed by atoms with E-state index in [4.69, 9.17) is 14.2 Å². The van der Waals surface area contributed by atoms with Crippen molar-refractivity contribution < 1.29 is 23.8 Å². The van der Waals surface area contributed by atoms with E-state index < -0.39 is 0 Å². The van der Waals surface area contributed by atoms with Crippen LogP contribution in [0, 0.1) is 29.1 Å². The number of esters is 1. The highest BCUT2D eigenvalue weighted by molar-refractivity contribution is 8.18. The van der Waals surface area contributed by atoms with Gasteiger partial charge in [0.1, 0.15) is 6.79 Å². The van der Waals surface area contributed by atoms with Crippen LogP contribution in [-0.4, -0.2) is 54.0 Å². The molecule has 0 bridgehead atoms. The molecular formula is C24H36O5S2. The van der Waals surface area contributed by atoms with Gasteiger partial charge in [0, 0.05) is 13.0 Å². The SMILES string of the molecule is CCOC(=O)C[C@@H]1C(C)=CC(=O)[C@@H]2C[C@@H](OCOC)[C@H]3CC4(C[C@H]3[C@@]12C)SCCCS4. The number of carbonyl (C=O) groups is 2. The van der Waals surface area contributed by atoms with Gasteiger partial charge in [-0.2, -0.15) is 0 Å². The van der Waals surface area contributed by atoms with Crippen molar-refractivity contribution in [1.29, 1.82) is 0 Å². The van der Waals surface area contributed by atoms with Gasteiger partial charge in [-0.25, -0.2) is 0 Å². The Bertz CT molecular complexity index is 731. The maximum absolute atomic E-state index is 13.3. The third-order valence-corrected chi connectivity index (χ3v) is 11.6. The van der Waals surface area contributed by atoms with Gasteiger partial charge in [0.2, 0.25) is 0 Å². The highest BCUT2D eigenvalue weighted by Crippen LogP contribution is 2.68. The van der Waals surface area contributed by atoms with Gasteiger partial charge in [-0.05, 0) is 80.3 Å². The van der Waals surface area contributed by atoms with Crippen LogP contribution in [0.2, 0.25) is 0 Å². The number of ketones is 1. The second-order valence-corrected chi connectivity index (χ2v) is 13.0. The lowest BCUT2D eigenvalue weighted by Crippen LogP contribution is -2.56. The van der Waals surface area contributed by atoms with Crippen LogP contribution in [0.15, 0.2) is 11.6 Å². The molecule has 0 aromatic carbocycles. The Labute approximate surface area is 194 Å². The highest BCUT2D eigenvalue weighted by atomic mass is 32.2. The molecule has 6 atom stereocenters. The molecule has 174 valence electrons. The summed E-state index contributed by atoms with van der Waals surface area (Å²) in [5.41, 5.74) is 0.791. The molecule has 7 heteroatoms. The van der Waals surface area contributed by atoms with Gasteiger partial charge in [-0.1, -0.05) is 12.5 Å². The van der Waals surface area contributed by atoms with Crippen LogP contribution in [-0.2, 0) is 23.8 Å². The summed E-state index contributed by atoms with van der Waals surface area (Å²) in [6, 6.07) is 0. The summed E-state index contributed by atoms with van der Waals surface area (Å²) in [4.78, 5) is 25.9. The lowest BCUT2D eigenvalue weighted by Gasteiger charge is -2.56. The van der Waals surface area contributed by atoms with Crippen LogP contribution in [0.5, 0.6) is 0 Å². The predicted molar refractivity (Wildman–Crippen MR) is 125 cm³/mol. The topological polar surface area (TPSA) is 61.8 Å². The van der Waals surface area contributed by atoms with Crippen LogP contribution >= 0.6 is 23.5 Å². The van der Waals surface area contributed by atoms with Gasteiger partial charge in [-0.15, -0.1) is 23.5 Å². The van der Waals surface area contributed by atoms with Crippen molar-refractivity contribution in [3.05, 3.63) is 11.6 Å². The number of carbonyl (C=O) groups excluding carboxylic acids is 2. The maximum Gasteiger partial charge on any atom is 0.306 e. The number of hydrogen-bond acceptors (Lipinski definition) is 7. The quantitative estimate of drug-likeness (QED) is 0.414. The van der Waals surface area contributed by atoms with Crippen molar-refractivity contribution in [2.24, 2.45) is 29.1 Å². The molecule has 1 heterocycles. The average Bonchev–Trinajstić information content (AvgIpc) is 3.11. The number of hydrogen-bond donors (Lipinski definition) is 0. The Balaban J connectivity index is 1.71. The summed E-state index contributed by atoms with van der Waals surface area (Å²) in [6.07, 6.45) is 6.37. The van der Waals surface area contributed by atoms with Crippen LogP contribution in [0.3, 0.4) is 0 Å². The lowest BCUT2D eigenvalue weighted by molar-refractivity contribution is -0.169. The molecule has 0 radical (unpaired) electrons. The Kier molecular flexibility index (Phi) is 7.17. The maximum atomic E-state index is 13.3. The molecule has 1 aliphatic heterocycles. The largest absolute Gasteiger partial charge is 0.466 e. The van der Waals surface area contributed by atoms with Crippen molar-refractivity contribution in [3.63, 3.8) is 0 Å². The van der Waals surface area contributed by atoms with Gasteiger partial charge < -0.3 is 14.2 Å². The van der Waals surface area contributed by atoms with Crippen molar-refractivity contribution in [1.82, 2.24) is 0 Å². The van der Waals surface area contributed by atoms with Gasteiger partial charge in [0.05, 0.1) is 23.2 Å². The van der Waals surface area contributed by atoms with E-state index >= 15 is 0 Å². The normalized spacial score (nSPS) is 39.0. The highest BCUT2D eigenvalue weighted by Gasteiger charge is 2.64. The summed E-state index contributed by atoms with van der Waals surface area (Å²) in [6.45, 7) is 6.82. The van der Waals surface area contributed by atoms with E-state index in [0.717, 1.165) is 18.4 Å². The Morgan fingerprint density at radius 1 is 1.26 bits per heavy atom. The number of ether oxygens (including phenoxy) is 3. The van der Waals surface area contributed by atoms with Crippen LogP contribution in [0.1, 0.15) is 52.9 Å². The minimum Gasteiger partial charge on any atom is -0.466 e. The molecule has 3 aliphatic carbocycles. The molecule has 2 saturated carbocycles. The van der Waals surface area contributed by atoms with Crippen LogP contribution < -0.4 is 0 Å². The zero-order valence-corrected chi connectivity index (χ0v) is 20.8. The molecule has 0 N–H and O–H groups in total. The monoisotopic (exact) mass is 468 g/mol. The van der Waals surface area contributed by atoms with Gasteiger partial charge in [0.25, 0.3) is 0 Å². The van der Waals surface area contributed by atoms with Crippen LogP contribution in [0.4, 0.5) is 0 Å². The van der Waals surface area contributed by atoms with Crippen molar-refractivity contribution in [3.8, 4) is 0 Å². The first-order valence-corrected chi connectivity index (χ1v) is 13.6. The summed E-state index contributed by atoms with van der Waals surface area (Å²) < 4.78 is 17.0. The molecule has 0 amide bonds. The second kappa shape index (κ2) is 9.40. The predicted octanol–water partition coefficient (Wildman–Crippen LogP) is 4.69. The molecule has 4 rings (SSSR count). The fourth-order valence-electron chi connectivity index (χ4n) is 6.87. The standard InChI is InChI=1S/C24H36O5S2/c1-5-28-22(26)11-17-15(2)9-20(25)18-10-21(29-14-27-4)16-12-24(30-7-6-8-31-24)13-19(16)23(17,18)3/h9,16-19,21H,5-8,10-14H2,1-4H3/t16-,17+,18-,19+,21+,23-/m0/s1. The van der Waals surface area contributed by atoms with Gasteiger partial charge in [-0.3, -0.25) is 9.59 Å². The number of fused-ring (bicyclic) bond motifs is 3. The van der Waals surface area contributed by atoms with E-state index in [-0.39, 0.29) is 46.0 Å². The van der Waals surface area contributed by atoms with E-state index in [1.54, 1.807) is 13.2 Å². The van der Waals surface area contributed by atoms with Gasteiger partial charge >= 0.3 is 5.97 Å². The van der Waals surface area contributed by atoms with E-state index in [0.29, 0.717) is 31.3 Å². The lowest BCUT2D eigenvalue weighted by atomic mass is 9.48. The summed E-state index contributed by atoms with van der Waals surface area (Å²) in [5.74, 6) is 3.12. The molecule has 3 fully saturated rings. The average molecular weight is 469 g/mol. The van der Waals surface area contributed by atoms with Crippen molar-refractivity contribution in [2.45, 2.75) is 63.1 Å². The molecular weight excluding hydrogens is 432 g/mol. The Morgan fingerprint density at radius 2 is 2.00 bits per heavy atom. The number of thioether (sulfide) groups is 2. The molecule has 1 saturated heterocycles. The van der Waals surface area contributed by atoms with E-state index in [9.17, 15) is 9.59 Å². The fourth-order valence-corrected chi connectivity index (χ4v) is 10.4. The molecule has 4 aliphatic rings. The molecule has 0 unspecified atom stereocenters. The van der Waals surface area contributed by atoms with Crippen molar-refractivity contribution >= 4 is 35.3 Å². The third kappa shape index (κ3) is 4.24. The minimum atomic E-state index is -0.248. The van der Waals surface area contributed by atoms with E-state index in [1.165, 1.54) is 17.9 Å².